The predicted molar refractivity (Wildman–Crippen MR) is 188 cm³/mol. The number of carbonyl (C=O) groups excluding carboxylic acids is 4. The molecule has 8 rings (SSSR count). The molecule has 1 saturated carbocycles. The molecule has 8 nitrogen and oxygen atoms in total. The Labute approximate surface area is 303 Å². The second-order valence-corrected chi connectivity index (χ2v) is 15.8. The van der Waals surface area contributed by atoms with Gasteiger partial charge in [-0.15, -0.1) is 0 Å². The fraction of sp³-hybridized carbons (Fsp3) is 0.385. The quantitative estimate of drug-likeness (QED) is 0.226. The summed E-state index contributed by atoms with van der Waals surface area (Å²) in [5.74, 6) is -5.41. The SMILES string of the molecule is C[C@@]12C(=O)N(c3ccc(F)c(Cl)c3)C(=O)[C@@H]1C[C@@H]1C(=CC[C@@H]3C(=O)N(C4CCN(Cc5ccccc5)CC4)C(=O)[C@@H]31)[C@@H]2c1cc(Br)ccc1O. The number of phenols is 1. The Morgan fingerprint density at radius 1 is 0.940 bits per heavy atom. The van der Waals surface area contributed by atoms with E-state index in [0.29, 0.717) is 29.3 Å². The van der Waals surface area contributed by atoms with Crippen LogP contribution in [0.2, 0.25) is 5.02 Å². The average Bonchev–Trinajstić information content (AvgIpc) is 3.47. The van der Waals surface area contributed by atoms with Crippen LogP contribution in [0.4, 0.5) is 10.1 Å². The number of halogens is 3. The minimum absolute atomic E-state index is 0.0388. The summed E-state index contributed by atoms with van der Waals surface area (Å²) in [6, 6.07) is 18.8. The highest BCUT2D eigenvalue weighted by Crippen LogP contribution is 2.64. The van der Waals surface area contributed by atoms with E-state index in [0.717, 1.165) is 36.2 Å². The zero-order valence-electron chi connectivity index (χ0n) is 27.4. The fourth-order valence-corrected chi connectivity index (χ4v) is 10.1. The lowest BCUT2D eigenvalue weighted by molar-refractivity contribution is -0.144. The zero-order chi connectivity index (χ0) is 35.1. The van der Waals surface area contributed by atoms with E-state index in [1.54, 1.807) is 25.1 Å². The molecule has 3 heterocycles. The first kappa shape index (κ1) is 33.3. The first-order chi connectivity index (χ1) is 24.0. The monoisotopic (exact) mass is 759 g/mol. The first-order valence-electron chi connectivity index (χ1n) is 17.1. The van der Waals surface area contributed by atoms with E-state index < -0.39 is 52.6 Å². The van der Waals surface area contributed by atoms with Gasteiger partial charge >= 0.3 is 0 Å². The number of allylic oxidation sites excluding steroid dienone is 2. The topological polar surface area (TPSA) is 98.2 Å². The van der Waals surface area contributed by atoms with E-state index in [2.05, 4.69) is 33.0 Å². The van der Waals surface area contributed by atoms with Crippen molar-refractivity contribution in [1.29, 1.82) is 0 Å². The lowest BCUT2D eigenvalue weighted by Crippen LogP contribution is -2.49. The highest BCUT2D eigenvalue weighted by molar-refractivity contribution is 9.10. The van der Waals surface area contributed by atoms with Crippen LogP contribution in [0.3, 0.4) is 0 Å². The third kappa shape index (κ3) is 5.08. The van der Waals surface area contributed by atoms with Gasteiger partial charge in [-0.05, 0) is 80.5 Å². The zero-order valence-corrected chi connectivity index (χ0v) is 29.7. The smallest absolute Gasteiger partial charge is 0.241 e. The third-order valence-electron chi connectivity index (χ3n) is 11.9. The van der Waals surface area contributed by atoms with Crippen molar-refractivity contribution in [2.75, 3.05) is 18.0 Å². The van der Waals surface area contributed by atoms with Gasteiger partial charge < -0.3 is 5.11 Å². The van der Waals surface area contributed by atoms with Crippen molar-refractivity contribution in [1.82, 2.24) is 9.80 Å². The molecule has 3 aliphatic heterocycles. The molecular formula is C39H36BrClFN3O5. The van der Waals surface area contributed by atoms with Crippen LogP contribution < -0.4 is 4.90 Å². The lowest BCUT2D eigenvalue weighted by Gasteiger charge is -2.49. The predicted octanol–water partition coefficient (Wildman–Crippen LogP) is 6.84. The number of hydrogen-bond donors (Lipinski definition) is 1. The molecule has 1 N–H and O–H groups in total. The number of fused-ring (bicyclic) bond motifs is 4. The summed E-state index contributed by atoms with van der Waals surface area (Å²) in [5.41, 5.74) is 1.29. The molecule has 2 aliphatic carbocycles. The van der Waals surface area contributed by atoms with E-state index in [1.165, 1.54) is 22.6 Å². The standard InChI is InChI=1S/C39H36BrClFN3O5/c1-39-29(36(48)45(38(39)50)24-8-11-31(42)30(41)18-24)19-27-25(34(39)28-17-22(40)7-12-32(28)46)9-10-26-33(27)37(49)44(35(26)47)23-13-15-43(16-14-23)20-21-5-3-2-4-6-21/h2-9,11-12,17-18,23,26-27,29,33-34,46H,10,13-16,19-20H2,1H3/t26-,27+,29-,33-,34+,39+/m0/s1. The van der Waals surface area contributed by atoms with Crippen LogP contribution >= 0.6 is 27.5 Å². The average molecular weight is 761 g/mol. The summed E-state index contributed by atoms with van der Waals surface area (Å²) < 4.78 is 14.8. The Morgan fingerprint density at radius 3 is 2.40 bits per heavy atom. The van der Waals surface area contributed by atoms with Gasteiger partial charge in [-0.25, -0.2) is 9.29 Å². The van der Waals surface area contributed by atoms with Crippen LogP contribution in [0.25, 0.3) is 0 Å². The number of amides is 4. The molecule has 4 amide bonds. The van der Waals surface area contributed by atoms with E-state index in [9.17, 15) is 28.7 Å². The first-order valence-corrected chi connectivity index (χ1v) is 18.3. The van der Waals surface area contributed by atoms with Gasteiger partial charge in [0.05, 0.1) is 33.9 Å². The van der Waals surface area contributed by atoms with Gasteiger partial charge in [-0.2, -0.15) is 0 Å². The van der Waals surface area contributed by atoms with Crippen molar-refractivity contribution in [3.63, 3.8) is 0 Å². The molecule has 0 bridgehead atoms. The van der Waals surface area contributed by atoms with Crippen molar-refractivity contribution >= 4 is 56.8 Å². The van der Waals surface area contributed by atoms with E-state index in [4.69, 9.17) is 11.6 Å². The van der Waals surface area contributed by atoms with E-state index in [1.807, 2.05) is 24.3 Å². The van der Waals surface area contributed by atoms with Gasteiger partial charge in [-0.3, -0.25) is 29.0 Å². The highest BCUT2D eigenvalue weighted by Gasteiger charge is 2.68. The summed E-state index contributed by atoms with van der Waals surface area (Å²) >= 11 is 9.62. The summed E-state index contributed by atoms with van der Waals surface area (Å²) in [6.45, 7) is 4.09. The Bertz CT molecular complexity index is 1970. The Morgan fingerprint density at radius 2 is 1.68 bits per heavy atom. The minimum atomic E-state index is -1.34. The maximum atomic E-state index is 14.6. The number of hydrogen-bond acceptors (Lipinski definition) is 6. The summed E-state index contributed by atoms with van der Waals surface area (Å²) in [7, 11) is 0. The van der Waals surface area contributed by atoms with Crippen molar-refractivity contribution in [3.05, 3.63) is 105 Å². The second kappa shape index (κ2) is 12.4. The van der Waals surface area contributed by atoms with Crippen LogP contribution in [0.1, 0.15) is 49.7 Å². The van der Waals surface area contributed by atoms with Crippen LogP contribution in [0.5, 0.6) is 5.75 Å². The Hall–Kier alpha value is -3.86. The van der Waals surface area contributed by atoms with Crippen LogP contribution in [-0.4, -0.2) is 57.7 Å². The van der Waals surface area contributed by atoms with Crippen LogP contribution in [-0.2, 0) is 25.7 Å². The molecule has 6 atom stereocenters. The molecule has 0 unspecified atom stereocenters. The number of benzene rings is 3. The van der Waals surface area contributed by atoms with Crippen molar-refractivity contribution in [2.45, 2.75) is 51.1 Å². The van der Waals surface area contributed by atoms with Gasteiger partial charge in [-0.1, -0.05) is 69.5 Å². The van der Waals surface area contributed by atoms with E-state index in [-0.39, 0.29) is 40.7 Å². The maximum Gasteiger partial charge on any atom is 0.241 e. The third-order valence-corrected chi connectivity index (χ3v) is 12.7. The minimum Gasteiger partial charge on any atom is -0.508 e. The molecule has 0 spiro atoms. The van der Waals surface area contributed by atoms with E-state index >= 15 is 0 Å². The van der Waals surface area contributed by atoms with Crippen molar-refractivity contribution in [2.24, 2.45) is 29.1 Å². The van der Waals surface area contributed by atoms with Gasteiger partial charge in [0.25, 0.3) is 0 Å². The number of imide groups is 2. The number of phenolic OH excluding ortho intramolecular Hbond substituents is 1. The molecule has 11 heteroatoms. The normalized spacial score (nSPS) is 30.0. The number of carbonyl (C=O) groups is 4. The number of piperidine rings is 1. The molecule has 258 valence electrons. The summed E-state index contributed by atoms with van der Waals surface area (Å²) in [6.07, 6.45) is 3.87. The Kier molecular flexibility index (Phi) is 8.27. The molecule has 0 aromatic heterocycles. The van der Waals surface area contributed by atoms with Gasteiger partial charge in [0.2, 0.25) is 23.6 Å². The maximum absolute atomic E-state index is 14.6. The molecule has 3 saturated heterocycles. The number of aromatic hydroxyl groups is 1. The van der Waals surface area contributed by atoms with Crippen LogP contribution in [0.15, 0.2) is 82.9 Å². The summed E-state index contributed by atoms with van der Waals surface area (Å²) in [5, 5.41) is 11.1. The molecule has 0 radical (unpaired) electrons. The molecule has 3 aromatic carbocycles. The highest BCUT2D eigenvalue weighted by atomic mass is 79.9. The molecular weight excluding hydrogens is 725 g/mol. The Balaban J connectivity index is 1.14. The number of nitrogens with zero attached hydrogens (tertiary/aromatic N) is 3. The number of anilines is 1. The lowest BCUT2D eigenvalue weighted by atomic mass is 9.51. The molecule has 50 heavy (non-hydrogen) atoms. The molecule has 3 aromatic rings. The largest absolute Gasteiger partial charge is 0.508 e. The van der Waals surface area contributed by atoms with Gasteiger partial charge in [0, 0.05) is 41.6 Å². The van der Waals surface area contributed by atoms with Gasteiger partial charge in [0.1, 0.15) is 11.6 Å². The number of likely N-dealkylation sites (tertiary alicyclic amines) is 2. The van der Waals surface area contributed by atoms with Gasteiger partial charge in [0.15, 0.2) is 0 Å². The summed E-state index contributed by atoms with van der Waals surface area (Å²) in [4.78, 5) is 62.5. The molecule has 5 aliphatic rings. The van der Waals surface area contributed by atoms with Crippen molar-refractivity contribution in [3.8, 4) is 5.75 Å². The second-order valence-electron chi connectivity index (χ2n) is 14.5. The number of rotatable bonds is 5. The fourth-order valence-electron chi connectivity index (χ4n) is 9.55. The van der Waals surface area contributed by atoms with Crippen LogP contribution in [0, 0.1) is 34.9 Å². The van der Waals surface area contributed by atoms with Crippen molar-refractivity contribution < 1.29 is 28.7 Å². The molecule has 4 fully saturated rings.